The van der Waals surface area contributed by atoms with E-state index in [0.717, 1.165) is 23.2 Å². The van der Waals surface area contributed by atoms with E-state index in [1.54, 1.807) is 7.11 Å². The summed E-state index contributed by atoms with van der Waals surface area (Å²) in [6.07, 6.45) is 2.01. The van der Waals surface area contributed by atoms with E-state index in [1.165, 1.54) is 7.11 Å². The van der Waals surface area contributed by atoms with Gasteiger partial charge in [0, 0.05) is 37.3 Å². The number of nitrogens with zero attached hydrogens (tertiary/aromatic N) is 1. The lowest BCUT2D eigenvalue weighted by molar-refractivity contribution is -0.124. The van der Waals surface area contributed by atoms with Crippen molar-refractivity contribution in [2.75, 3.05) is 27.4 Å². The Morgan fingerprint density at radius 3 is 2.89 bits per heavy atom. The van der Waals surface area contributed by atoms with Crippen LogP contribution in [-0.4, -0.2) is 37.8 Å². The molecule has 1 amide bonds. The Hall–Kier alpha value is -2.01. The fraction of sp³-hybridized carbons (Fsp3) is 0.357. The minimum Gasteiger partial charge on any atom is -0.497 e. The molecule has 0 spiro atoms. The van der Waals surface area contributed by atoms with Gasteiger partial charge in [-0.3, -0.25) is 4.79 Å². The third-order valence-corrected chi connectivity index (χ3v) is 2.93. The van der Waals surface area contributed by atoms with Crippen LogP contribution in [0.2, 0.25) is 0 Å². The number of ether oxygens (including phenoxy) is 2. The van der Waals surface area contributed by atoms with Crippen molar-refractivity contribution < 1.29 is 14.3 Å². The molecule has 2 aromatic rings. The predicted octanol–water partition coefficient (Wildman–Crippen LogP) is 1.41. The number of benzene rings is 1. The van der Waals surface area contributed by atoms with Crippen LogP contribution in [0.1, 0.15) is 0 Å². The molecule has 1 heterocycles. The number of nitrogens with one attached hydrogen (secondary N) is 1. The lowest BCUT2D eigenvalue weighted by Crippen LogP contribution is -2.30. The molecule has 0 saturated heterocycles. The van der Waals surface area contributed by atoms with Gasteiger partial charge in [-0.2, -0.15) is 0 Å². The van der Waals surface area contributed by atoms with Crippen molar-refractivity contribution in [1.29, 1.82) is 0 Å². The van der Waals surface area contributed by atoms with E-state index < -0.39 is 0 Å². The van der Waals surface area contributed by atoms with Crippen molar-refractivity contribution in [3.8, 4) is 5.75 Å². The van der Waals surface area contributed by atoms with Crippen LogP contribution in [0.15, 0.2) is 30.5 Å². The average molecular weight is 262 g/mol. The smallest absolute Gasteiger partial charge is 0.246 e. The minimum absolute atomic E-state index is 0.0966. The zero-order valence-electron chi connectivity index (χ0n) is 11.2. The number of methoxy groups -OCH3 is 2. The molecule has 1 aromatic carbocycles. The van der Waals surface area contributed by atoms with Gasteiger partial charge in [0.2, 0.25) is 5.91 Å². The van der Waals surface area contributed by atoms with Crippen LogP contribution in [0.4, 0.5) is 0 Å². The fourth-order valence-electron chi connectivity index (χ4n) is 2.00. The van der Waals surface area contributed by atoms with Crippen LogP contribution in [0, 0.1) is 0 Å². The van der Waals surface area contributed by atoms with Gasteiger partial charge < -0.3 is 19.4 Å². The Kier molecular flexibility index (Phi) is 4.41. The molecule has 5 nitrogen and oxygen atoms in total. The summed E-state index contributed by atoms with van der Waals surface area (Å²) in [6, 6.07) is 7.98. The van der Waals surface area contributed by atoms with Gasteiger partial charge in [-0.25, -0.2) is 0 Å². The lowest BCUT2D eigenvalue weighted by Gasteiger charge is -2.07. The highest BCUT2D eigenvalue weighted by Crippen LogP contribution is 2.21. The van der Waals surface area contributed by atoms with Crippen molar-refractivity contribution >= 4 is 16.8 Å². The molecular formula is C14H18N2O3. The normalized spacial score (nSPS) is 10.6. The van der Waals surface area contributed by atoms with Crippen LogP contribution in [0.5, 0.6) is 5.75 Å². The molecule has 0 aliphatic heterocycles. The monoisotopic (exact) mass is 262 g/mol. The first-order valence-corrected chi connectivity index (χ1v) is 6.13. The first-order valence-electron chi connectivity index (χ1n) is 6.13. The number of hydrogen-bond acceptors (Lipinski definition) is 3. The molecule has 0 radical (unpaired) electrons. The van der Waals surface area contributed by atoms with Crippen LogP contribution in [0.25, 0.3) is 10.9 Å². The maximum absolute atomic E-state index is 11.3. The standard InChI is InChI=1S/C14H18N2O3/c1-18-10-14(17)15-6-8-16-7-5-11-9-12(19-2)3-4-13(11)16/h3-5,7,9H,6,8,10H2,1-2H3,(H,15,17). The maximum Gasteiger partial charge on any atom is 0.246 e. The lowest BCUT2D eigenvalue weighted by atomic mass is 10.2. The van der Waals surface area contributed by atoms with Crippen LogP contribution < -0.4 is 10.1 Å². The molecular weight excluding hydrogens is 244 g/mol. The van der Waals surface area contributed by atoms with Gasteiger partial charge >= 0.3 is 0 Å². The molecule has 0 aliphatic carbocycles. The second-order valence-electron chi connectivity index (χ2n) is 4.22. The van der Waals surface area contributed by atoms with E-state index in [4.69, 9.17) is 9.47 Å². The molecule has 0 unspecified atom stereocenters. The predicted molar refractivity (Wildman–Crippen MR) is 73.4 cm³/mol. The van der Waals surface area contributed by atoms with Gasteiger partial charge in [0.15, 0.2) is 0 Å². The van der Waals surface area contributed by atoms with E-state index in [2.05, 4.69) is 9.88 Å². The van der Waals surface area contributed by atoms with Crippen molar-refractivity contribution in [3.05, 3.63) is 30.5 Å². The van der Waals surface area contributed by atoms with Gasteiger partial charge in [0.1, 0.15) is 12.4 Å². The fourth-order valence-corrected chi connectivity index (χ4v) is 2.00. The van der Waals surface area contributed by atoms with E-state index in [1.807, 2.05) is 30.5 Å². The van der Waals surface area contributed by atoms with Crippen molar-refractivity contribution in [1.82, 2.24) is 9.88 Å². The Morgan fingerprint density at radius 2 is 2.16 bits per heavy atom. The molecule has 2 rings (SSSR count). The molecule has 0 saturated carbocycles. The van der Waals surface area contributed by atoms with Crippen LogP contribution >= 0.6 is 0 Å². The summed E-state index contributed by atoms with van der Waals surface area (Å²) in [6.45, 7) is 1.41. The largest absolute Gasteiger partial charge is 0.497 e. The van der Waals surface area contributed by atoms with Crippen molar-refractivity contribution in [2.45, 2.75) is 6.54 Å². The quantitative estimate of drug-likeness (QED) is 0.856. The van der Waals surface area contributed by atoms with Crippen LogP contribution in [0.3, 0.4) is 0 Å². The average Bonchev–Trinajstić information content (AvgIpc) is 2.81. The molecule has 1 N–H and O–H groups in total. The Morgan fingerprint density at radius 1 is 1.32 bits per heavy atom. The summed E-state index contributed by atoms with van der Waals surface area (Å²) in [4.78, 5) is 11.3. The van der Waals surface area contributed by atoms with Crippen LogP contribution in [-0.2, 0) is 16.1 Å². The second kappa shape index (κ2) is 6.24. The molecule has 0 atom stereocenters. The summed E-state index contributed by atoms with van der Waals surface area (Å²) < 4.78 is 12.0. The Bertz CT molecular complexity index is 563. The van der Waals surface area contributed by atoms with Crippen molar-refractivity contribution in [3.63, 3.8) is 0 Å². The summed E-state index contributed by atoms with van der Waals surface area (Å²) in [5.74, 6) is 0.749. The van der Waals surface area contributed by atoms with Crippen molar-refractivity contribution in [2.24, 2.45) is 0 Å². The molecule has 102 valence electrons. The maximum atomic E-state index is 11.3. The highest BCUT2D eigenvalue weighted by atomic mass is 16.5. The molecule has 1 aromatic heterocycles. The van der Waals surface area contributed by atoms with Gasteiger partial charge in [-0.15, -0.1) is 0 Å². The number of rotatable bonds is 6. The SMILES string of the molecule is COCC(=O)NCCn1ccc2cc(OC)ccc21. The van der Waals surface area contributed by atoms with E-state index in [-0.39, 0.29) is 12.5 Å². The van der Waals surface area contributed by atoms with Gasteiger partial charge in [0.05, 0.1) is 7.11 Å². The third kappa shape index (κ3) is 3.26. The molecule has 0 aliphatic rings. The topological polar surface area (TPSA) is 52.5 Å². The third-order valence-electron chi connectivity index (χ3n) is 2.93. The number of carbonyl (C=O) groups excluding carboxylic acids is 1. The number of amides is 1. The summed E-state index contributed by atoms with van der Waals surface area (Å²) in [7, 11) is 3.16. The highest BCUT2D eigenvalue weighted by Gasteiger charge is 2.03. The molecule has 0 bridgehead atoms. The van der Waals surface area contributed by atoms with Gasteiger partial charge in [-0.05, 0) is 24.3 Å². The van der Waals surface area contributed by atoms with E-state index in [9.17, 15) is 4.79 Å². The first-order chi connectivity index (χ1) is 9.24. The number of carbonyl (C=O) groups is 1. The molecule has 5 heteroatoms. The summed E-state index contributed by atoms with van der Waals surface area (Å²) in [5, 5.41) is 3.93. The Balaban J connectivity index is 1.99. The minimum atomic E-state index is -0.0966. The van der Waals surface area contributed by atoms with Gasteiger partial charge in [-0.1, -0.05) is 0 Å². The molecule has 19 heavy (non-hydrogen) atoms. The van der Waals surface area contributed by atoms with Gasteiger partial charge in [0.25, 0.3) is 0 Å². The second-order valence-corrected chi connectivity index (χ2v) is 4.22. The number of fused-ring (bicyclic) bond motifs is 1. The van der Waals surface area contributed by atoms with E-state index in [0.29, 0.717) is 6.54 Å². The Labute approximate surface area is 112 Å². The zero-order valence-corrected chi connectivity index (χ0v) is 11.2. The zero-order chi connectivity index (χ0) is 13.7. The highest BCUT2D eigenvalue weighted by molar-refractivity contribution is 5.81. The van der Waals surface area contributed by atoms with E-state index >= 15 is 0 Å². The number of hydrogen-bond donors (Lipinski definition) is 1. The first kappa shape index (κ1) is 13.4. The summed E-state index contributed by atoms with van der Waals surface area (Å²) in [5.41, 5.74) is 1.13. The molecule has 0 fully saturated rings. The summed E-state index contributed by atoms with van der Waals surface area (Å²) >= 11 is 0. The number of aromatic nitrogens is 1.